The molecule has 2 amide bonds. The normalized spacial score (nSPS) is 12.3. The number of carbonyl (C=O) groups is 2. The van der Waals surface area contributed by atoms with Crippen LogP contribution in [0.1, 0.15) is 45.6 Å². The van der Waals surface area contributed by atoms with E-state index < -0.39 is 39.4 Å². The molecule has 198 valence electrons. The van der Waals surface area contributed by atoms with Crippen molar-refractivity contribution < 1.29 is 31.2 Å². The predicted octanol–water partition coefficient (Wildman–Crippen LogP) is 3.98. The molecular formula is C25H32F3N3O4S. The largest absolute Gasteiger partial charge is 0.352 e. The number of nitrogens with one attached hydrogen (secondary N) is 1. The fourth-order valence-corrected chi connectivity index (χ4v) is 4.69. The molecule has 11 heteroatoms. The molecule has 2 aromatic carbocycles. The number of sulfonamides is 1. The number of amides is 2. The third kappa shape index (κ3) is 8.25. The van der Waals surface area contributed by atoms with Crippen molar-refractivity contribution in [1.29, 1.82) is 0 Å². The van der Waals surface area contributed by atoms with Crippen LogP contribution in [0, 0.1) is 17.5 Å². The Balaban J connectivity index is 2.22. The highest BCUT2D eigenvalue weighted by Gasteiger charge is 2.29. The van der Waals surface area contributed by atoms with Gasteiger partial charge >= 0.3 is 0 Å². The molecule has 2 rings (SSSR count). The topological polar surface area (TPSA) is 86.8 Å². The summed E-state index contributed by atoms with van der Waals surface area (Å²) in [5.41, 5.74) is 0.565. The van der Waals surface area contributed by atoms with Gasteiger partial charge in [-0.3, -0.25) is 13.9 Å². The SMILES string of the molecule is CCC(C(=O)NC(C)C)N(Cc1ccc(F)cc1)C(=O)CCCN(c1ccc(F)c(F)c1)S(C)(=O)=O. The van der Waals surface area contributed by atoms with Crippen molar-refractivity contribution in [2.45, 2.75) is 58.7 Å². The zero-order valence-corrected chi connectivity index (χ0v) is 21.6. The molecule has 0 aromatic heterocycles. The van der Waals surface area contributed by atoms with E-state index in [-0.39, 0.29) is 43.6 Å². The van der Waals surface area contributed by atoms with E-state index in [9.17, 15) is 31.2 Å². The Bertz CT molecular complexity index is 1160. The lowest BCUT2D eigenvalue weighted by Gasteiger charge is -2.31. The second kappa shape index (κ2) is 12.8. The fourth-order valence-electron chi connectivity index (χ4n) is 3.73. The number of halogens is 3. The summed E-state index contributed by atoms with van der Waals surface area (Å²) < 4.78 is 65.8. The molecule has 2 aromatic rings. The van der Waals surface area contributed by atoms with E-state index in [0.29, 0.717) is 12.0 Å². The first-order valence-electron chi connectivity index (χ1n) is 11.6. The molecule has 0 saturated carbocycles. The van der Waals surface area contributed by atoms with Crippen molar-refractivity contribution in [3.8, 4) is 0 Å². The van der Waals surface area contributed by atoms with Gasteiger partial charge in [0.1, 0.15) is 11.9 Å². The molecule has 0 radical (unpaired) electrons. The first-order chi connectivity index (χ1) is 16.8. The molecule has 1 atom stereocenters. The predicted molar refractivity (Wildman–Crippen MR) is 132 cm³/mol. The van der Waals surface area contributed by atoms with Crippen LogP contribution in [0.25, 0.3) is 0 Å². The van der Waals surface area contributed by atoms with E-state index in [0.717, 1.165) is 28.8 Å². The summed E-state index contributed by atoms with van der Waals surface area (Å²) in [5.74, 6) is -3.46. The lowest BCUT2D eigenvalue weighted by atomic mass is 10.1. The summed E-state index contributed by atoms with van der Waals surface area (Å²) in [4.78, 5) is 27.5. The van der Waals surface area contributed by atoms with Crippen LogP contribution < -0.4 is 9.62 Å². The number of hydrogen-bond acceptors (Lipinski definition) is 4. The van der Waals surface area contributed by atoms with Gasteiger partial charge in [-0.2, -0.15) is 0 Å². The maximum atomic E-state index is 13.7. The first kappa shape index (κ1) is 29.2. The van der Waals surface area contributed by atoms with Crippen molar-refractivity contribution in [3.05, 3.63) is 65.5 Å². The Morgan fingerprint density at radius 3 is 2.17 bits per heavy atom. The van der Waals surface area contributed by atoms with Gasteiger partial charge in [-0.1, -0.05) is 19.1 Å². The highest BCUT2D eigenvalue weighted by molar-refractivity contribution is 7.92. The number of benzene rings is 2. The molecular weight excluding hydrogens is 495 g/mol. The average molecular weight is 528 g/mol. The van der Waals surface area contributed by atoms with Crippen LogP contribution in [0.15, 0.2) is 42.5 Å². The molecule has 0 fully saturated rings. The summed E-state index contributed by atoms with van der Waals surface area (Å²) in [6.07, 6.45) is 1.21. The molecule has 0 aliphatic heterocycles. The van der Waals surface area contributed by atoms with Crippen LogP contribution in [0.2, 0.25) is 0 Å². The molecule has 0 aliphatic rings. The number of anilines is 1. The van der Waals surface area contributed by atoms with E-state index in [1.165, 1.54) is 29.2 Å². The van der Waals surface area contributed by atoms with Gasteiger partial charge in [0.05, 0.1) is 11.9 Å². The second-order valence-corrected chi connectivity index (χ2v) is 10.7. The van der Waals surface area contributed by atoms with E-state index in [2.05, 4.69) is 5.32 Å². The van der Waals surface area contributed by atoms with E-state index in [1.54, 1.807) is 20.8 Å². The summed E-state index contributed by atoms with van der Waals surface area (Å²) in [6.45, 7) is 5.27. The van der Waals surface area contributed by atoms with Crippen molar-refractivity contribution in [1.82, 2.24) is 10.2 Å². The van der Waals surface area contributed by atoms with Gasteiger partial charge in [-0.25, -0.2) is 21.6 Å². The third-order valence-corrected chi connectivity index (χ3v) is 6.62. The zero-order chi connectivity index (χ0) is 27.0. The molecule has 1 unspecified atom stereocenters. The minimum atomic E-state index is -3.85. The lowest BCUT2D eigenvalue weighted by Crippen LogP contribution is -2.50. The molecule has 0 heterocycles. The van der Waals surface area contributed by atoms with Gasteiger partial charge in [-0.05, 0) is 56.5 Å². The number of hydrogen-bond donors (Lipinski definition) is 1. The summed E-state index contributed by atoms with van der Waals surface area (Å²) in [5, 5.41) is 2.80. The highest BCUT2D eigenvalue weighted by Crippen LogP contribution is 2.22. The fraction of sp³-hybridized carbons (Fsp3) is 0.440. The molecule has 0 aliphatic carbocycles. The quantitative estimate of drug-likeness (QED) is 0.452. The van der Waals surface area contributed by atoms with Gasteiger partial charge in [0, 0.05) is 31.6 Å². The van der Waals surface area contributed by atoms with Crippen LogP contribution >= 0.6 is 0 Å². The van der Waals surface area contributed by atoms with Crippen molar-refractivity contribution in [3.63, 3.8) is 0 Å². The molecule has 36 heavy (non-hydrogen) atoms. The summed E-state index contributed by atoms with van der Waals surface area (Å²) >= 11 is 0. The van der Waals surface area contributed by atoms with Gasteiger partial charge in [-0.15, -0.1) is 0 Å². The third-order valence-electron chi connectivity index (χ3n) is 5.43. The Hall–Kier alpha value is -3.08. The van der Waals surface area contributed by atoms with Crippen LogP contribution in [0.5, 0.6) is 0 Å². The van der Waals surface area contributed by atoms with Gasteiger partial charge in [0.25, 0.3) is 0 Å². The molecule has 1 N–H and O–H groups in total. The standard InChI is InChI=1S/C25H32F3N3O4S/c1-5-23(25(33)29-17(2)3)30(16-18-8-10-19(26)11-9-18)24(32)7-6-14-31(36(4,34)35)20-12-13-21(27)22(28)15-20/h8-13,15,17,23H,5-7,14,16H2,1-4H3,(H,29,33). The maximum absolute atomic E-state index is 13.7. The highest BCUT2D eigenvalue weighted by atomic mass is 32.2. The summed E-state index contributed by atoms with van der Waals surface area (Å²) in [6, 6.07) is 7.40. The molecule has 0 saturated heterocycles. The van der Waals surface area contributed by atoms with Crippen LogP contribution in [-0.4, -0.2) is 50.0 Å². The Labute approximate surface area is 210 Å². The monoisotopic (exact) mass is 527 g/mol. The van der Waals surface area contributed by atoms with Crippen LogP contribution in [0.3, 0.4) is 0 Å². The van der Waals surface area contributed by atoms with E-state index in [1.807, 2.05) is 0 Å². The van der Waals surface area contributed by atoms with E-state index in [4.69, 9.17) is 0 Å². The molecule has 0 bridgehead atoms. The Morgan fingerprint density at radius 2 is 1.64 bits per heavy atom. The van der Waals surface area contributed by atoms with Crippen molar-refractivity contribution in [2.24, 2.45) is 0 Å². The molecule has 0 spiro atoms. The Kier molecular flexibility index (Phi) is 10.3. The minimum absolute atomic E-state index is 0.0576. The summed E-state index contributed by atoms with van der Waals surface area (Å²) in [7, 11) is -3.85. The van der Waals surface area contributed by atoms with E-state index >= 15 is 0 Å². The number of rotatable bonds is 12. The van der Waals surface area contributed by atoms with Gasteiger partial charge < -0.3 is 10.2 Å². The average Bonchev–Trinajstić information content (AvgIpc) is 2.78. The van der Waals surface area contributed by atoms with Crippen LogP contribution in [-0.2, 0) is 26.2 Å². The van der Waals surface area contributed by atoms with Gasteiger partial charge in [0.2, 0.25) is 21.8 Å². The number of nitrogens with zero attached hydrogens (tertiary/aromatic N) is 2. The maximum Gasteiger partial charge on any atom is 0.243 e. The smallest absolute Gasteiger partial charge is 0.243 e. The number of carbonyl (C=O) groups excluding carboxylic acids is 2. The van der Waals surface area contributed by atoms with Crippen molar-refractivity contribution >= 4 is 27.5 Å². The van der Waals surface area contributed by atoms with Gasteiger partial charge in [0.15, 0.2) is 11.6 Å². The molecule has 7 nitrogen and oxygen atoms in total. The first-order valence-corrected chi connectivity index (χ1v) is 13.4. The van der Waals surface area contributed by atoms with Crippen LogP contribution in [0.4, 0.5) is 18.9 Å². The zero-order valence-electron chi connectivity index (χ0n) is 20.8. The lowest BCUT2D eigenvalue weighted by molar-refractivity contribution is -0.141. The van der Waals surface area contributed by atoms with Crippen molar-refractivity contribution in [2.75, 3.05) is 17.1 Å². The minimum Gasteiger partial charge on any atom is -0.352 e. The Morgan fingerprint density at radius 1 is 1.00 bits per heavy atom. The second-order valence-electron chi connectivity index (χ2n) is 8.77.